The Morgan fingerprint density at radius 3 is 2.95 bits per heavy atom. The van der Waals surface area contributed by atoms with Gasteiger partial charge < -0.3 is 10.1 Å². The second-order valence-electron chi connectivity index (χ2n) is 4.44. The summed E-state index contributed by atoms with van der Waals surface area (Å²) >= 11 is 0. The highest BCUT2D eigenvalue weighted by Gasteiger charge is 2.20. The second-order valence-corrected chi connectivity index (χ2v) is 4.44. The largest absolute Gasteiger partial charge is 0.493 e. The zero-order chi connectivity index (χ0) is 13.1. The van der Waals surface area contributed by atoms with E-state index in [1.165, 1.54) is 12.1 Å². The van der Waals surface area contributed by atoms with Gasteiger partial charge >= 0.3 is 0 Å². The Kier molecular flexibility index (Phi) is 3.27. The number of nitrogens with one attached hydrogen (secondary N) is 1. The molecule has 5 heteroatoms. The Bertz CT molecular complexity index is 562. The summed E-state index contributed by atoms with van der Waals surface area (Å²) in [6.07, 6.45) is 5.18. The molecule has 1 aromatic heterocycles. The third-order valence-electron chi connectivity index (χ3n) is 3.11. The van der Waals surface area contributed by atoms with Crippen molar-refractivity contribution in [3.63, 3.8) is 0 Å². The molecule has 0 aliphatic carbocycles. The number of benzene rings is 1. The fourth-order valence-corrected chi connectivity index (χ4v) is 2.23. The quantitative estimate of drug-likeness (QED) is 0.900. The number of halogens is 1. The normalized spacial score (nSPS) is 18.1. The van der Waals surface area contributed by atoms with E-state index < -0.39 is 0 Å². The standard InChI is InChI=1S/C14H14FN3O/c15-10-4-5-11-12(3-1-8-19-13(11)9-10)18-14-16-6-2-7-17-14/h2,4-7,9,12H,1,3,8H2,(H,16,17,18)/t12-/m1/s1. The lowest BCUT2D eigenvalue weighted by atomic mass is 10.0. The summed E-state index contributed by atoms with van der Waals surface area (Å²) < 4.78 is 18.8. The zero-order valence-electron chi connectivity index (χ0n) is 10.3. The number of hydrogen-bond acceptors (Lipinski definition) is 4. The summed E-state index contributed by atoms with van der Waals surface area (Å²) in [5.74, 6) is 0.894. The van der Waals surface area contributed by atoms with Crippen LogP contribution in [-0.2, 0) is 0 Å². The van der Waals surface area contributed by atoms with Gasteiger partial charge in [-0.3, -0.25) is 0 Å². The lowest BCUT2D eigenvalue weighted by Crippen LogP contribution is -2.12. The highest BCUT2D eigenvalue weighted by molar-refractivity contribution is 5.41. The van der Waals surface area contributed by atoms with Crippen LogP contribution >= 0.6 is 0 Å². The van der Waals surface area contributed by atoms with Crippen LogP contribution in [0.4, 0.5) is 10.3 Å². The van der Waals surface area contributed by atoms with E-state index in [1.807, 2.05) is 0 Å². The Balaban J connectivity index is 1.90. The van der Waals surface area contributed by atoms with E-state index in [1.54, 1.807) is 24.5 Å². The van der Waals surface area contributed by atoms with Crippen LogP contribution in [-0.4, -0.2) is 16.6 Å². The Hall–Kier alpha value is -2.17. The average molecular weight is 259 g/mol. The van der Waals surface area contributed by atoms with Crippen molar-refractivity contribution in [1.82, 2.24) is 9.97 Å². The summed E-state index contributed by atoms with van der Waals surface area (Å²) in [4.78, 5) is 8.31. The van der Waals surface area contributed by atoms with E-state index in [4.69, 9.17) is 4.74 Å². The van der Waals surface area contributed by atoms with Crippen LogP contribution in [0.3, 0.4) is 0 Å². The van der Waals surface area contributed by atoms with Gasteiger partial charge in [0.2, 0.25) is 5.95 Å². The molecule has 0 spiro atoms. The number of ether oxygens (including phenoxy) is 1. The monoisotopic (exact) mass is 259 g/mol. The summed E-state index contributed by atoms with van der Waals surface area (Å²) in [5.41, 5.74) is 0.950. The van der Waals surface area contributed by atoms with Crippen molar-refractivity contribution in [1.29, 1.82) is 0 Å². The van der Waals surface area contributed by atoms with Crippen LogP contribution in [0.5, 0.6) is 5.75 Å². The molecule has 0 radical (unpaired) electrons. The second kappa shape index (κ2) is 5.22. The number of nitrogens with zero attached hydrogens (tertiary/aromatic N) is 2. The van der Waals surface area contributed by atoms with Crippen molar-refractivity contribution in [2.75, 3.05) is 11.9 Å². The summed E-state index contributed by atoms with van der Waals surface area (Å²) in [6, 6.07) is 6.46. The smallest absolute Gasteiger partial charge is 0.223 e. The molecule has 0 bridgehead atoms. The molecule has 1 N–H and O–H groups in total. The van der Waals surface area contributed by atoms with Crippen molar-refractivity contribution in [3.8, 4) is 5.75 Å². The molecule has 98 valence electrons. The molecule has 0 saturated carbocycles. The average Bonchev–Trinajstić information content (AvgIpc) is 2.62. The van der Waals surface area contributed by atoms with Gasteiger partial charge in [-0.15, -0.1) is 0 Å². The number of rotatable bonds is 2. The molecule has 3 rings (SSSR count). The first kappa shape index (κ1) is 11.9. The van der Waals surface area contributed by atoms with Crippen molar-refractivity contribution >= 4 is 5.95 Å². The fraction of sp³-hybridized carbons (Fsp3) is 0.286. The molecule has 0 unspecified atom stereocenters. The predicted molar refractivity (Wildman–Crippen MR) is 69.5 cm³/mol. The molecule has 1 aliphatic rings. The maximum atomic E-state index is 13.3. The first-order chi connectivity index (χ1) is 9.33. The van der Waals surface area contributed by atoms with Crippen molar-refractivity contribution in [3.05, 3.63) is 48.0 Å². The van der Waals surface area contributed by atoms with E-state index in [0.29, 0.717) is 18.3 Å². The van der Waals surface area contributed by atoms with Gasteiger partial charge in [-0.05, 0) is 25.0 Å². The fourth-order valence-electron chi connectivity index (χ4n) is 2.23. The predicted octanol–water partition coefficient (Wildman–Crippen LogP) is 2.94. The van der Waals surface area contributed by atoms with Crippen LogP contribution < -0.4 is 10.1 Å². The maximum Gasteiger partial charge on any atom is 0.223 e. The van der Waals surface area contributed by atoms with Crippen molar-refractivity contribution < 1.29 is 9.13 Å². The van der Waals surface area contributed by atoms with Gasteiger partial charge in [-0.25, -0.2) is 14.4 Å². The Labute approximate surface area is 110 Å². The van der Waals surface area contributed by atoms with Gasteiger partial charge in [0, 0.05) is 24.0 Å². The van der Waals surface area contributed by atoms with Crippen LogP contribution in [0.2, 0.25) is 0 Å². The minimum absolute atomic E-state index is 0.0421. The first-order valence-corrected chi connectivity index (χ1v) is 6.29. The first-order valence-electron chi connectivity index (χ1n) is 6.29. The molecule has 2 heterocycles. The third kappa shape index (κ3) is 2.65. The van der Waals surface area contributed by atoms with Crippen LogP contribution in [0.15, 0.2) is 36.7 Å². The van der Waals surface area contributed by atoms with Gasteiger partial charge in [0.1, 0.15) is 11.6 Å². The number of hydrogen-bond donors (Lipinski definition) is 1. The molecular formula is C14H14FN3O. The molecule has 1 aliphatic heterocycles. The number of fused-ring (bicyclic) bond motifs is 1. The minimum Gasteiger partial charge on any atom is -0.493 e. The van der Waals surface area contributed by atoms with Crippen LogP contribution in [0, 0.1) is 5.82 Å². The van der Waals surface area contributed by atoms with E-state index in [2.05, 4.69) is 15.3 Å². The number of anilines is 1. The molecule has 2 aromatic rings. The maximum absolute atomic E-state index is 13.3. The van der Waals surface area contributed by atoms with Gasteiger partial charge in [-0.1, -0.05) is 6.07 Å². The lowest BCUT2D eigenvalue weighted by molar-refractivity contribution is 0.315. The number of aromatic nitrogens is 2. The van der Waals surface area contributed by atoms with Gasteiger partial charge in [0.15, 0.2) is 0 Å². The van der Waals surface area contributed by atoms with E-state index in [9.17, 15) is 4.39 Å². The minimum atomic E-state index is -0.282. The van der Waals surface area contributed by atoms with E-state index in [0.717, 1.165) is 18.4 Å². The molecule has 0 amide bonds. The van der Waals surface area contributed by atoms with E-state index in [-0.39, 0.29) is 11.9 Å². The summed E-state index contributed by atoms with van der Waals surface area (Å²) in [5, 5.41) is 3.27. The third-order valence-corrected chi connectivity index (χ3v) is 3.11. The lowest BCUT2D eigenvalue weighted by Gasteiger charge is -2.18. The highest BCUT2D eigenvalue weighted by atomic mass is 19.1. The van der Waals surface area contributed by atoms with Crippen LogP contribution in [0.1, 0.15) is 24.4 Å². The SMILES string of the molecule is Fc1ccc2c(c1)OCCC[C@H]2Nc1ncccn1. The molecular weight excluding hydrogens is 245 g/mol. The molecule has 19 heavy (non-hydrogen) atoms. The Morgan fingerprint density at radius 1 is 1.26 bits per heavy atom. The van der Waals surface area contributed by atoms with Crippen LogP contribution in [0.25, 0.3) is 0 Å². The van der Waals surface area contributed by atoms with E-state index >= 15 is 0 Å². The van der Waals surface area contributed by atoms with Crippen molar-refractivity contribution in [2.45, 2.75) is 18.9 Å². The highest BCUT2D eigenvalue weighted by Crippen LogP contribution is 2.33. The van der Waals surface area contributed by atoms with Gasteiger partial charge in [0.25, 0.3) is 0 Å². The molecule has 1 atom stereocenters. The molecule has 0 fully saturated rings. The van der Waals surface area contributed by atoms with Gasteiger partial charge in [0.05, 0.1) is 12.6 Å². The summed E-state index contributed by atoms with van der Waals surface area (Å²) in [6.45, 7) is 0.601. The van der Waals surface area contributed by atoms with Crippen molar-refractivity contribution in [2.24, 2.45) is 0 Å². The topological polar surface area (TPSA) is 47.0 Å². The molecule has 0 saturated heterocycles. The summed E-state index contributed by atoms with van der Waals surface area (Å²) in [7, 11) is 0. The molecule has 4 nitrogen and oxygen atoms in total. The Morgan fingerprint density at radius 2 is 2.11 bits per heavy atom. The molecule has 1 aromatic carbocycles. The zero-order valence-corrected chi connectivity index (χ0v) is 10.3. The van der Waals surface area contributed by atoms with Gasteiger partial charge in [-0.2, -0.15) is 0 Å².